The number of aliphatic imine (C=N–C) groups is 1. The van der Waals surface area contributed by atoms with Crippen molar-refractivity contribution in [2.75, 3.05) is 27.2 Å². The third kappa shape index (κ3) is 5.49. The fraction of sp³-hybridized carbons (Fsp3) is 0.889. The van der Waals surface area contributed by atoms with Gasteiger partial charge in [-0.05, 0) is 38.5 Å². The summed E-state index contributed by atoms with van der Waals surface area (Å²) in [5, 5.41) is 6.89. The van der Waals surface area contributed by atoms with Crippen molar-refractivity contribution in [3.8, 4) is 0 Å². The number of rotatable bonds is 7. The molecular formula is C18H35IN4O. The summed E-state index contributed by atoms with van der Waals surface area (Å²) in [5.74, 6) is 1.92. The molecule has 2 fully saturated rings. The van der Waals surface area contributed by atoms with E-state index >= 15 is 0 Å². The van der Waals surface area contributed by atoms with Crippen molar-refractivity contribution >= 4 is 35.8 Å². The maximum Gasteiger partial charge on any atom is 0.230 e. The highest BCUT2D eigenvalue weighted by atomic mass is 127. The standard InChI is InChI=1S/C18H34N4O.HI/c1-5-9-14-12-15(14)21-17(19-6-2)20-13-18(10-7-8-11-18)16(23)22(3)4;/h14-15H,5-13H2,1-4H3,(H2,19,20,21);1H. The number of hydrogen-bond donors (Lipinski definition) is 2. The number of hydrogen-bond acceptors (Lipinski definition) is 2. The van der Waals surface area contributed by atoms with Crippen LogP contribution < -0.4 is 10.6 Å². The molecule has 0 aromatic rings. The van der Waals surface area contributed by atoms with E-state index in [9.17, 15) is 4.79 Å². The summed E-state index contributed by atoms with van der Waals surface area (Å²) >= 11 is 0. The smallest absolute Gasteiger partial charge is 0.230 e. The fourth-order valence-corrected chi connectivity index (χ4v) is 3.81. The molecule has 2 N–H and O–H groups in total. The second-order valence-electron chi connectivity index (χ2n) is 7.42. The summed E-state index contributed by atoms with van der Waals surface area (Å²) in [6.07, 6.45) is 8.00. The minimum atomic E-state index is -0.280. The molecule has 2 unspecified atom stereocenters. The van der Waals surface area contributed by atoms with E-state index in [-0.39, 0.29) is 35.3 Å². The van der Waals surface area contributed by atoms with Gasteiger partial charge in [0, 0.05) is 26.7 Å². The lowest BCUT2D eigenvalue weighted by molar-refractivity contribution is -0.138. The van der Waals surface area contributed by atoms with Crippen LogP contribution in [0.25, 0.3) is 0 Å². The summed E-state index contributed by atoms with van der Waals surface area (Å²) < 4.78 is 0. The number of nitrogens with zero attached hydrogens (tertiary/aromatic N) is 2. The zero-order valence-corrected chi connectivity index (χ0v) is 18.1. The Morgan fingerprint density at radius 2 is 1.92 bits per heavy atom. The van der Waals surface area contributed by atoms with Crippen LogP contribution in [0, 0.1) is 11.3 Å². The third-order valence-electron chi connectivity index (χ3n) is 5.21. The topological polar surface area (TPSA) is 56.7 Å². The van der Waals surface area contributed by atoms with Gasteiger partial charge in [0.05, 0.1) is 12.0 Å². The van der Waals surface area contributed by atoms with Crippen molar-refractivity contribution in [2.24, 2.45) is 16.3 Å². The van der Waals surface area contributed by atoms with Crippen molar-refractivity contribution in [1.82, 2.24) is 15.5 Å². The van der Waals surface area contributed by atoms with Crippen LogP contribution in [-0.2, 0) is 4.79 Å². The molecule has 0 aliphatic heterocycles. The van der Waals surface area contributed by atoms with Crippen LogP contribution in [0.4, 0.5) is 0 Å². The van der Waals surface area contributed by atoms with E-state index in [1.165, 1.54) is 19.3 Å². The first-order chi connectivity index (χ1) is 11.0. The third-order valence-corrected chi connectivity index (χ3v) is 5.21. The highest BCUT2D eigenvalue weighted by Gasteiger charge is 2.42. The normalized spacial score (nSPS) is 24.9. The maximum atomic E-state index is 12.6. The molecule has 2 rings (SSSR count). The van der Waals surface area contributed by atoms with Gasteiger partial charge >= 0.3 is 0 Å². The quantitative estimate of drug-likeness (QED) is 0.356. The molecule has 6 heteroatoms. The molecular weight excluding hydrogens is 415 g/mol. The average molecular weight is 450 g/mol. The van der Waals surface area contributed by atoms with E-state index in [4.69, 9.17) is 4.99 Å². The molecule has 2 aliphatic rings. The largest absolute Gasteiger partial charge is 0.357 e. The number of guanidine groups is 1. The SMILES string of the molecule is CCCC1CC1NC(=NCC1(C(=O)N(C)C)CCCC1)NCC.I. The van der Waals surface area contributed by atoms with Crippen LogP contribution in [0.15, 0.2) is 4.99 Å². The minimum Gasteiger partial charge on any atom is -0.357 e. The Kier molecular flexibility index (Phi) is 8.81. The zero-order chi connectivity index (χ0) is 16.9. The van der Waals surface area contributed by atoms with Crippen molar-refractivity contribution in [3.63, 3.8) is 0 Å². The number of carbonyl (C=O) groups is 1. The molecule has 2 atom stereocenters. The Labute approximate surface area is 164 Å². The maximum absolute atomic E-state index is 12.6. The highest BCUT2D eigenvalue weighted by Crippen LogP contribution is 2.40. The Morgan fingerprint density at radius 3 is 2.46 bits per heavy atom. The molecule has 24 heavy (non-hydrogen) atoms. The Balaban J connectivity index is 0.00000288. The molecule has 1 amide bonds. The molecule has 0 bridgehead atoms. The Hall–Kier alpha value is -0.530. The van der Waals surface area contributed by atoms with Crippen LogP contribution in [0.1, 0.15) is 58.8 Å². The van der Waals surface area contributed by atoms with E-state index in [0.717, 1.165) is 44.1 Å². The van der Waals surface area contributed by atoms with Gasteiger partial charge in [-0.3, -0.25) is 9.79 Å². The lowest BCUT2D eigenvalue weighted by Gasteiger charge is -2.29. The molecule has 5 nitrogen and oxygen atoms in total. The van der Waals surface area contributed by atoms with Crippen molar-refractivity contribution in [1.29, 1.82) is 0 Å². The van der Waals surface area contributed by atoms with Crippen LogP contribution in [0.2, 0.25) is 0 Å². The van der Waals surface area contributed by atoms with E-state index in [1.807, 2.05) is 14.1 Å². The van der Waals surface area contributed by atoms with Gasteiger partial charge in [0.25, 0.3) is 0 Å². The van der Waals surface area contributed by atoms with E-state index in [1.54, 1.807) is 4.90 Å². The van der Waals surface area contributed by atoms with Crippen molar-refractivity contribution in [2.45, 2.75) is 64.8 Å². The van der Waals surface area contributed by atoms with Crippen LogP contribution in [0.3, 0.4) is 0 Å². The summed E-state index contributed by atoms with van der Waals surface area (Å²) in [4.78, 5) is 19.2. The summed E-state index contributed by atoms with van der Waals surface area (Å²) in [5.41, 5.74) is -0.280. The van der Waals surface area contributed by atoms with Gasteiger partial charge in [0.2, 0.25) is 5.91 Å². The molecule has 0 aromatic carbocycles. The summed E-state index contributed by atoms with van der Waals surface area (Å²) in [7, 11) is 3.71. The van der Waals surface area contributed by atoms with Crippen molar-refractivity contribution in [3.05, 3.63) is 0 Å². The van der Waals surface area contributed by atoms with Crippen LogP contribution >= 0.6 is 24.0 Å². The molecule has 2 saturated carbocycles. The van der Waals surface area contributed by atoms with Crippen LogP contribution in [-0.4, -0.2) is 50.0 Å². The minimum absolute atomic E-state index is 0. The number of carbonyl (C=O) groups excluding carboxylic acids is 1. The second-order valence-corrected chi connectivity index (χ2v) is 7.42. The van der Waals surface area contributed by atoms with Gasteiger partial charge in [0.1, 0.15) is 0 Å². The lowest BCUT2D eigenvalue weighted by atomic mass is 9.85. The fourth-order valence-electron chi connectivity index (χ4n) is 3.81. The predicted octanol–water partition coefficient (Wildman–Crippen LogP) is 3.00. The molecule has 0 heterocycles. The molecule has 140 valence electrons. The van der Waals surface area contributed by atoms with E-state index in [2.05, 4.69) is 24.5 Å². The summed E-state index contributed by atoms with van der Waals surface area (Å²) in [6.45, 7) is 5.78. The van der Waals surface area contributed by atoms with Gasteiger partial charge in [0.15, 0.2) is 5.96 Å². The molecule has 0 aromatic heterocycles. The number of amides is 1. The van der Waals surface area contributed by atoms with Gasteiger partial charge < -0.3 is 15.5 Å². The summed E-state index contributed by atoms with van der Waals surface area (Å²) in [6, 6.07) is 0.567. The molecule has 0 saturated heterocycles. The van der Waals surface area contributed by atoms with Crippen molar-refractivity contribution < 1.29 is 4.79 Å². The van der Waals surface area contributed by atoms with Gasteiger partial charge in [-0.25, -0.2) is 0 Å². The number of nitrogens with one attached hydrogen (secondary N) is 2. The highest BCUT2D eigenvalue weighted by molar-refractivity contribution is 14.0. The average Bonchev–Trinajstić information content (AvgIpc) is 3.07. The first-order valence-corrected chi connectivity index (χ1v) is 9.29. The zero-order valence-electron chi connectivity index (χ0n) is 15.7. The van der Waals surface area contributed by atoms with Gasteiger partial charge in [-0.2, -0.15) is 0 Å². The molecule has 2 aliphatic carbocycles. The molecule has 0 radical (unpaired) electrons. The monoisotopic (exact) mass is 450 g/mol. The van der Waals surface area contributed by atoms with Crippen LogP contribution in [0.5, 0.6) is 0 Å². The Morgan fingerprint density at radius 1 is 1.25 bits per heavy atom. The molecule has 0 spiro atoms. The van der Waals surface area contributed by atoms with E-state index < -0.39 is 0 Å². The number of halogens is 1. The first kappa shape index (κ1) is 21.5. The van der Waals surface area contributed by atoms with E-state index in [0.29, 0.717) is 12.6 Å². The van der Waals surface area contributed by atoms with Gasteiger partial charge in [-0.15, -0.1) is 24.0 Å². The predicted molar refractivity (Wildman–Crippen MR) is 111 cm³/mol. The second kappa shape index (κ2) is 9.82. The Bertz CT molecular complexity index is 433. The van der Waals surface area contributed by atoms with Gasteiger partial charge in [-0.1, -0.05) is 26.2 Å². The lowest BCUT2D eigenvalue weighted by Crippen LogP contribution is -2.43. The first-order valence-electron chi connectivity index (χ1n) is 9.29.